The third-order valence-corrected chi connectivity index (χ3v) is 4.27. The fourth-order valence-electron chi connectivity index (χ4n) is 1.19. The molecule has 18 heavy (non-hydrogen) atoms. The molecule has 0 aliphatic rings. The molecular formula is C12H21BrIN3S. The Morgan fingerprint density at radius 3 is 2.50 bits per heavy atom. The number of hydrogen-bond donors (Lipinski definition) is 2. The van der Waals surface area contributed by atoms with E-state index in [0.717, 1.165) is 16.3 Å². The first-order valence-electron chi connectivity index (χ1n) is 5.74. The van der Waals surface area contributed by atoms with Crippen LogP contribution < -0.4 is 10.6 Å². The van der Waals surface area contributed by atoms with E-state index in [2.05, 4.69) is 64.5 Å². The highest BCUT2D eigenvalue weighted by Gasteiger charge is 2.08. The van der Waals surface area contributed by atoms with Crippen molar-refractivity contribution in [3.05, 3.63) is 20.8 Å². The minimum absolute atomic E-state index is 0. The van der Waals surface area contributed by atoms with Gasteiger partial charge < -0.3 is 10.6 Å². The average Bonchev–Trinajstić information content (AvgIpc) is 2.69. The van der Waals surface area contributed by atoms with Crippen LogP contribution in [0.15, 0.2) is 20.9 Å². The van der Waals surface area contributed by atoms with Crippen molar-refractivity contribution in [1.82, 2.24) is 10.6 Å². The lowest BCUT2D eigenvalue weighted by molar-refractivity contribution is 0.481. The second kappa shape index (κ2) is 9.14. The van der Waals surface area contributed by atoms with Gasteiger partial charge in [-0.05, 0) is 40.9 Å². The fourth-order valence-corrected chi connectivity index (χ4v) is 2.62. The van der Waals surface area contributed by atoms with E-state index in [1.165, 1.54) is 4.88 Å². The molecule has 2 N–H and O–H groups in total. The van der Waals surface area contributed by atoms with Crippen molar-refractivity contribution in [1.29, 1.82) is 0 Å². The molecule has 1 heterocycles. The SMILES string of the molecule is CN=C(NCc1ccc(Br)s1)NC(C)C(C)C.I. The van der Waals surface area contributed by atoms with Gasteiger partial charge in [0.15, 0.2) is 5.96 Å². The van der Waals surface area contributed by atoms with Gasteiger partial charge in [-0.1, -0.05) is 13.8 Å². The van der Waals surface area contributed by atoms with Crippen LogP contribution in [0.1, 0.15) is 25.6 Å². The summed E-state index contributed by atoms with van der Waals surface area (Å²) in [6.07, 6.45) is 0. The molecule has 6 heteroatoms. The number of aliphatic imine (C=N–C) groups is 1. The van der Waals surface area contributed by atoms with E-state index >= 15 is 0 Å². The van der Waals surface area contributed by atoms with Crippen LogP contribution in [0, 0.1) is 5.92 Å². The van der Waals surface area contributed by atoms with E-state index in [4.69, 9.17) is 0 Å². The predicted molar refractivity (Wildman–Crippen MR) is 95.1 cm³/mol. The van der Waals surface area contributed by atoms with Gasteiger partial charge in [0.2, 0.25) is 0 Å². The lowest BCUT2D eigenvalue weighted by atomic mass is 10.1. The van der Waals surface area contributed by atoms with Crippen molar-refractivity contribution in [3.8, 4) is 0 Å². The predicted octanol–water partition coefficient (Wildman–Crippen LogP) is 3.84. The van der Waals surface area contributed by atoms with Crippen LogP contribution in [0.25, 0.3) is 0 Å². The molecule has 1 aromatic rings. The summed E-state index contributed by atoms with van der Waals surface area (Å²) in [5, 5.41) is 6.69. The van der Waals surface area contributed by atoms with Gasteiger partial charge in [-0.3, -0.25) is 4.99 Å². The molecule has 1 rings (SSSR count). The van der Waals surface area contributed by atoms with Crippen LogP contribution in [0.4, 0.5) is 0 Å². The molecular weight excluding hydrogens is 425 g/mol. The topological polar surface area (TPSA) is 36.4 Å². The van der Waals surface area contributed by atoms with Gasteiger partial charge in [0.25, 0.3) is 0 Å². The summed E-state index contributed by atoms with van der Waals surface area (Å²) >= 11 is 5.20. The Morgan fingerprint density at radius 2 is 2.06 bits per heavy atom. The van der Waals surface area contributed by atoms with Crippen molar-refractivity contribution in [2.75, 3.05) is 7.05 Å². The van der Waals surface area contributed by atoms with Crippen molar-refractivity contribution in [2.24, 2.45) is 10.9 Å². The minimum atomic E-state index is 0. The average molecular weight is 446 g/mol. The molecule has 1 aromatic heterocycles. The Bertz CT molecular complexity index is 379. The third-order valence-electron chi connectivity index (χ3n) is 2.65. The molecule has 3 nitrogen and oxygen atoms in total. The van der Waals surface area contributed by atoms with E-state index in [0.29, 0.717) is 12.0 Å². The smallest absolute Gasteiger partial charge is 0.191 e. The summed E-state index contributed by atoms with van der Waals surface area (Å²) in [7, 11) is 1.80. The van der Waals surface area contributed by atoms with Crippen molar-refractivity contribution in [2.45, 2.75) is 33.4 Å². The van der Waals surface area contributed by atoms with E-state index in [1.807, 2.05) is 0 Å². The molecule has 0 saturated heterocycles. The summed E-state index contributed by atoms with van der Waals surface area (Å²) in [5.74, 6) is 1.44. The highest BCUT2D eigenvalue weighted by Crippen LogP contribution is 2.21. The van der Waals surface area contributed by atoms with Gasteiger partial charge in [-0.2, -0.15) is 0 Å². The molecule has 1 unspecified atom stereocenters. The standard InChI is InChI=1S/C12H20BrN3S.HI/c1-8(2)9(3)16-12(14-4)15-7-10-5-6-11(13)17-10;/h5-6,8-9H,7H2,1-4H3,(H2,14,15,16);1H. The number of nitrogens with zero attached hydrogens (tertiary/aromatic N) is 1. The number of guanidine groups is 1. The number of rotatable bonds is 4. The lowest BCUT2D eigenvalue weighted by Gasteiger charge is -2.20. The molecule has 0 saturated carbocycles. The second-order valence-corrected chi connectivity index (χ2v) is 6.86. The molecule has 0 aromatic carbocycles. The Hall–Kier alpha value is 0.180. The molecule has 1 atom stereocenters. The summed E-state index contributed by atoms with van der Waals surface area (Å²) < 4.78 is 1.16. The van der Waals surface area contributed by atoms with Crippen molar-refractivity contribution >= 4 is 57.2 Å². The Balaban J connectivity index is 0.00000289. The van der Waals surface area contributed by atoms with E-state index in [1.54, 1.807) is 18.4 Å². The monoisotopic (exact) mass is 445 g/mol. The Kier molecular flexibility index (Phi) is 9.23. The lowest BCUT2D eigenvalue weighted by Crippen LogP contribution is -2.43. The first kappa shape index (κ1) is 18.2. The summed E-state index contributed by atoms with van der Waals surface area (Å²) in [6.45, 7) is 7.36. The quantitative estimate of drug-likeness (QED) is 0.419. The molecule has 0 fully saturated rings. The molecule has 0 spiro atoms. The van der Waals surface area contributed by atoms with Gasteiger partial charge in [0.1, 0.15) is 0 Å². The largest absolute Gasteiger partial charge is 0.354 e. The van der Waals surface area contributed by atoms with Gasteiger partial charge >= 0.3 is 0 Å². The van der Waals surface area contributed by atoms with E-state index in [9.17, 15) is 0 Å². The van der Waals surface area contributed by atoms with Crippen molar-refractivity contribution in [3.63, 3.8) is 0 Å². The van der Waals surface area contributed by atoms with Gasteiger partial charge in [0, 0.05) is 18.0 Å². The molecule has 0 aliphatic carbocycles. The maximum atomic E-state index is 4.22. The third kappa shape index (κ3) is 6.38. The molecule has 0 amide bonds. The molecule has 0 radical (unpaired) electrons. The van der Waals surface area contributed by atoms with Crippen LogP contribution in [-0.2, 0) is 6.54 Å². The summed E-state index contributed by atoms with van der Waals surface area (Å²) in [6, 6.07) is 4.59. The molecule has 0 aliphatic heterocycles. The molecule has 104 valence electrons. The number of hydrogen-bond acceptors (Lipinski definition) is 2. The van der Waals surface area contributed by atoms with Crippen LogP contribution in [0.2, 0.25) is 0 Å². The number of halogens is 2. The zero-order chi connectivity index (χ0) is 12.8. The number of nitrogens with one attached hydrogen (secondary N) is 2. The van der Waals surface area contributed by atoms with E-state index in [-0.39, 0.29) is 24.0 Å². The highest BCUT2D eigenvalue weighted by atomic mass is 127. The Morgan fingerprint density at radius 1 is 1.39 bits per heavy atom. The van der Waals surface area contributed by atoms with Gasteiger partial charge in [-0.25, -0.2) is 0 Å². The van der Waals surface area contributed by atoms with Crippen LogP contribution in [-0.4, -0.2) is 19.0 Å². The summed E-state index contributed by atoms with van der Waals surface area (Å²) in [4.78, 5) is 5.51. The second-order valence-electron chi connectivity index (χ2n) is 4.31. The zero-order valence-electron chi connectivity index (χ0n) is 11.2. The first-order valence-corrected chi connectivity index (χ1v) is 7.35. The number of thiophene rings is 1. The van der Waals surface area contributed by atoms with Crippen molar-refractivity contribution < 1.29 is 0 Å². The molecule has 0 bridgehead atoms. The zero-order valence-corrected chi connectivity index (χ0v) is 15.9. The van der Waals surface area contributed by atoms with Gasteiger partial charge in [-0.15, -0.1) is 35.3 Å². The van der Waals surface area contributed by atoms with Crippen LogP contribution >= 0.6 is 51.2 Å². The first-order chi connectivity index (χ1) is 8.02. The van der Waals surface area contributed by atoms with Crippen LogP contribution in [0.5, 0.6) is 0 Å². The summed E-state index contributed by atoms with van der Waals surface area (Å²) in [5.41, 5.74) is 0. The maximum Gasteiger partial charge on any atom is 0.191 e. The Labute approximate surface area is 139 Å². The maximum absolute atomic E-state index is 4.22. The van der Waals surface area contributed by atoms with Gasteiger partial charge in [0.05, 0.1) is 10.3 Å². The normalized spacial score (nSPS) is 13.1. The van der Waals surface area contributed by atoms with Crippen LogP contribution in [0.3, 0.4) is 0 Å². The fraction of sp³-hybridized carbons (Fsp3) is 0.583. The highest BCUT2D eigenvalue weighted by molar-refractivity contribution is 14.0. The van der Waals surface area contributed by atoms with E-state index < -0.39 is 0 Å². The minimum Gasteiger partial charge on any atom is -0.354 e.